The molecule has 2 atom stereocenters. The molecule has 0 aliphatic heterocycles. The van der Waals surface area contributed by atoms with Crippen LogP contribution in [0.15, 0.2) is 25.3 Å². The fraction of sp³-hybridized carbons (Fsp3) is 0.750. The van der Waals surface area contributed by atoms with E-state index in [1.807, 2.05) is 0 Å². The highest BCUT2D eigenvalue weighted by molar-refractivity contribution is 4.65. The van der Waals surface area contributed by atoms with Crippen LogP contribution in [0, 0.1) is 0 Å². The molecule has 0 spiro atoms. The van der Waals surface area contributed by atoms with Gasteiger partial charge in [-0.3, -0.25) is 0 Å². The van der Waals surface area contributed by atoms with E-state index < -0.39 is 12.2 Å². The molecule has 22 heavy (non-hydrogen) atoms. The van der Waals surface area contributed by atoms with E-state index >= 15 is 0 Å². The van der Waals surface area contributed by atoms with Crippen LogP contribution in [0.4, 0.5) is 0 Å². The molecule has 0 bridgehead atoms. The van der Waals surface area contributed by atoms with Crippen molar-refractivity contribution in [3.63, 3.8) is 0 Å². The average molecular weight is 318 g/mol. The predicted molar refractivity (Wildman–Crippen MR) is 84.9 cm³/mol. The van der Waals surface area contributed by atoms with Crippen LogP contribution in [0.3, 0.4) is 0 Å². The zero-order valence-electron chi connectivity index (χ0n) is 13.3. The van der Waals surface area contributed by atoms with Gasteiger partial charge in [0, 0.05) is 13.2 Å². The lowest BCUT2D eigenvalue weighted by molar-refractivity contribution is -0.0214. The summed E-state index contributed by atoms with van der Waals surface area (Å²) in [5.74, 6) is 0. The summed E-state index contributed by atoms with van der Waals surface area (Å²) in [6.07, 6.45) is 3.72. The molecule has 6 nitrogen and oxygen atoms in total. The molecule has 0 aromatic carbocycles. The van der Waals surface area contributed by atoms with Crippen molar-refractivity contribution in [2.24, 2.45) is 0 Å². The summed E-state index contributed by atoms with van der Waals surface area (Å²) in [5.41, 5.74) is 0. The lowest BCUT2D eigenvalue weighted by atomic mass is 10.3. The summed E-state index contributed by atoms with van der Waals surface area (Å²) >= 11 is 0. The second-order valence-corrected chi connectivity index (χ2v) is 4.82. The maximum Gasteiger partial charge on any atom is 0.101 e. The van der Waals surface area contributed by atoms with Crippen LogP contribution in [0.25, 0.3) is 0 Å². The van der Waals surface area contributed by atoms with E-state index in [0.29, 0.717) is 26.4 Å². The predicted octanol–water partition coefficient (Wildman–Crippen LogP) is 0.927. The monoisotopic (exact) mass is 318 g/mol. The van der Waals surface area contributed by atoms with E-state index in [0.717, 1.165) is 12.8 Å². The number of hydrogen-bond donors (Lipinski definition) is 2. The molecule has 0 saturated carbocycles. The fourth-order valence-electron chi connectivity index (χ4n) is 1.52. The second kappa shape index (κ2) is 16.6. The maximum absolute atomic E-state index is 9.51. The van der Waals surface area contributed by atoms with Gasteiger partial charge in [0.15, 0.2) is 0 Å². The number of unbranched alkanes of at least 4 members (excludes halogenated alkanes) is 1. The lowest BCUT2D eigenvalue weighted by Crippen LogP contribution is -2.22. The topological polar surface area (TPSA) is 77.4 Å². The van der Waals surface area contributed by atoms with Crippen molar-refractivity contribution in [1.29, 1.82) is 0 Å². The molecule has 0 fully saturated rings. The van der Waals surface area contributed by atoms with Crippen LogP contribution in [0.2, 0.25) is 0 Å². The number of aliphatic hydroxyl groups excluding tert-OH is 2. The molecular weight excluding hydrogens is 288 g/mol. The van der Waals surface area contributed by atoms with E-state index in [-0.39, 0.29) is 26.4 Å². The minimum Gasteiger partial charge on any atom is -0.388 e. The molecule has 130 valence electrons. The third kappa shape index (κ3) is 15.6. The van der Waals surface area contributed by atoms with Crippen molar-refractivity contribution < 1.29 is 29.2 Å². The zero-order valence-corrected chi connectivity index (χ0v) is 13.3. The van der Waals surface area contributed by atoms with Crippen molar-refractivity contribution in [1.82, 2.24) is 0 Å². The molecule has 2 N–H and O–H groups in total. The van der Waals surface area contributed by atoms with Gasteiger partial charge in [0.05, 0.1) is 39.6 Å². The van der Waals surface area contributed by atoms with Crippen LogP contribution in [-0.2, 0) is 18.9 Å². The van der Waals surface area contributed by atoms with Gasteiger partial charge in [0.2, 0.25) is 0 Å². The van der Waals surface area contributed by atoms with Gasteiger partial charge in [-0.05, 0) is 12.8 Å². The molecular formula is C16H30O6. The Balaban J connectivity index is 3.22. The summed E-state index contributed by atoms with van der Waals surface area (Å²) in [6, 6.07) is 0. The van der Waals surface area contributed by atoms with Crippen LogP contribution >= 0.6 is 0 Å². The Labute approximate surface area is 133 Å². The van der Waals surface area contributed by atoms with Gasteiger partial charge >= 0.3 is 0 Å². The highest BCUT2D eigenvalue weighted by Crippen LogP contribution is 1.96. The highest BCUT2D eigenvalue weighted by atomic mass is 16.5. The zero-order chi connectivity index (χ0) is 16.5. The Morgan fingerprint density at radius 3 is 1.41 bits per heavy atom. The number of aliphatic hydroxyl groups is 2. The molecule has 0 rings (SSSR count). The molecule has 0 aliphatic carbocycles. The quantitative estimate of drug-likeness (QED) is 0.307. The smallest absolute Gasteiger partial charge is 0.101 e. The van der Waals surface area contributed by atoms with Crippen LogP contribution in [0.5, 0.6) is 0 Å². The van der Waals surface area contributed by atoms with E-state index in [9.17, 15) is 10.2 Å². The molecule has 0 aromatic heterocycles. The Hall–Kier alpha value is -0.760. The molecule has 6 heteroatoms. The first kappa shape index (κ1) is 21.2. The van der Waals surface area contributed by atoms with E-state index in [2.05, 4.69) is 13.2 Å². The molecule has 0 aliphatic rings. The van der Waals surface area contributed by atoms with Crippen LogP contribution < -0.4 is 0 Å². The van der Waals surface area contributed by atoms with Gasteiger partial charge in [-0.15, -0.1) is 13.2 Å². The molecule has 0 heterocycles. The minimum atomic E-state index is -0.609. The minimum absolute atomic E-state index is 0.251. The van der Waals surface area contributed by atoms with Crippen molar-refractivity contribution in [2.45, 2.75) is 25.0 Å². The van der Waals surface area contributed by atoms with E-state index in [1.165, 1.54) is 0 Å². The number of rotatable bonds is 17. The van der Waals surface area contributed by atoms with Crippen molar-refractivity contribution in [2.75, 3.05) is 52.9 Å². The Morgan fingerprint density at radius 1 is 0.682 bits per heavy atom. The average Bonchev–Trinajstić information content (AvgIpc) is 2.50. The summed E-state index contributed by atoms with van der Waals surface area (Å²) in [7, 11) is 0. The first-order chi connectivity index (χ1) is 10.7. The normalized spacial score (nSPS) is 13.7. The van der Waals surface area contributed by atoms with Gasteiger partial charge in [-0.1, -0.05) is 12.2 Å². The van der Waals surface area contributed by atoms with Gasteiger partial charge < -0.3 is 29.2 Å². The van der Waals surface area contributed by atoms with Crippen LogP contribution in [0.1, 0.15) is 12.8 Å². The van der Waals surface area contributed by atoms with Gasteiger partial charge in [-0.2, -0.15) is 0 Å². The van der Waals surface area contributed by atoms with Crippen LogP contribution in [-0.4, -0.2) is 75.3 Å². The third-order valence-electron chi connectivity index (χ3n) is 2.54. The molecule has 0 aromatic rings. The van der Waals surface area contributed by atoms with E-state index in [4.69, 9.17) is 18.9 Å². The van der Waals surface area contributed by atoms with Crippen molar-refractivity contribution in [3.8, 4) is 0 Å². The molecule has 0 radical (unpaired) electrons. The number of hydrogen-bond acceptors (Lipinski definition) is 6. The van der Waals surface area contributed by atoms with Gasteiger partial charge in [0.1, 0.15) is 12.2 Å². The summed E-state index contributed by atoms with van der Waals surface area (Å²) < 4.78 is 20.9. The molecule has 0 saturated heterocycles. The largest absolute Gasteiger partial charge is 0.388 e. The first-order valence-electron chi connectivity index (χ1n) is 7.59. The molecule has 2 unspecified atom stereocenters. The maximum atomic E-state index is 9.51. The molecule has 0 amide bonds. The van der Waals surface area contributed by atoms with E-state index in [1.54, 1.807) is 12.2 Å². The Kier molecular flexibility index (Phi) is 16.0. The first-order valence-corrected chi connectivity index (χ1v) is 7.59. The van der Waals surface area contributed by atoms with Gasteiger partial charge in [-0.25, -0.2) is 0 Å². The summed E-state index contributed by atoms with van der Waals surface area (Å²) in [5, 5.41) is 19.0. The number of ether oxygens (including phenoxy) is 4. The Bertz CT molecular complexity index is 233. The summed E-state index contributed by atoms with van der Waals surface area (Å²) in [4.78, 5) is 0. The lowest BCUT2D eigenvalue weighted by Gasteiger charge is -2.12. The SMILES string of the molecule is C=CCOCC(O)COCCCCOCC(O)COCC=C. The highest BCUT2D eigenvalue weighted by Gasteiger charge is 2.05. The fourth-order valence-corrected chi connectivity index (χ4v) is 1.52. The standard InChI is InChI=1S/C16H30O6/c1-3-7-19-11-15(17)13-21-9-5-6-10-22-14-16(18)12-20-8-4-2/h3-4,15-18H,1-2,5-14H2. The van der Waals surface area contributed by atoms with Crippen molar-refractivity contribution >= 4 is 0 Å². The summed E-state index contributed by atoms with van der Waals surface area (Å²) in [6.45, 7) is 10.1. The Morgan fingerprint density at radius 2 is 1.05 bits per heavy atom. The third-order valence-corrected chi connectivity index (χ3v) is 2.54. The second-order valence-electron chi connectivity index (χ2n) is 4.82. The van der Waals surface area contributed by atoms with Gasteiger partial charge in [0.25, 0.3) is 0 Å². The van der Waals surface area contributed by atoms with Crippen molar-refractivity contribution in [3.05, 3.63) is 25.3 Å².